The molecule has 0 heterocycles. The quantitative estimate of drug-likeness (QED) is 0.813. The topological polar surface area (TPSA) is 50.4 Å². The zero-order valence-corrected chi connectivity index (χ0v) is 12.1. The molecule has 1 aliphatic rings. The molecule has 1 aliphatic carbocycles. The molecule has 2 N–H and O–H groups in total. The van der Waals surface area contributed by atoms with E-state index in [0.717, 1.165) is 18.4 Å². The van der Waals surface area contributed by atoms with Crippen LogP contribution in [0.15, 0.2) is 24.3 Å². The molecule has 116 valence electrons. The van der Waals surface area contributed by atoms with E-state index in [1.807, 2.05) is 13.8 Å². The number of hydrogen-bond donors (Lipinski definition) is 2. The minimum Gasteiger partial charge on any atom is -0.435 e. The summed E-state index contributed by atoms with van der Waals surface area (Å²) in [6.07, 6.45) is 2.11. The number of halogens is 2. The second-order valence-electron chi connectivity index (χ2n) is 5.34. The average Bonchev–Trinajstić information content (AvgIpc) is 3.22. The predicted octanol–water partition coefficient (Wildman–Crippen LogP) is 2.61. The van der Waals surface area contributed by atoms with Gasteiger partial charge in [0.25, 0.3) is 0 Å². The maximum absolute atomic E-state index is 12.1. The normalized spacial score (nSPS) is 17.4. The molecule has 0 bridgehead atoms. The summed E-state index contributed by atoms with van der Waals surface area (Å²) in [6, 6.07) is 6.37. The minimum atomic E-state index is -2.82. The van der Waals surface area contributed by atoms with E-state index in [-0.39, 0.29) is 23.7 Å². The molecule has 1 fully saturated rings. The molecule has 6 heteroatoms. The molecule has 1 aromatic carbocycles. The zero-order chi connectivity index (χ0) is 15.4. The molecule has 0 aliphatic heterocycles. The van der Waals surface area contributed by atoms with Crippen LogP contribution >= 0.6 is 0 Å². The Morgan fingerprint density at radius 3 is 2.38 bits per heavy atom. The predicted molar refractivity (Wildman–Crippen MR) is 75.3 cm³/mol. The van der Waals surface area contributed by atoms with Crippen molar-refractivity contribution in [3.8, 4) is 5.75 Å². The first kappa shape index (κ1) is 15.7. The Morgan fingerprint density at radius 2 is 1.86 bits per heavy atom. The van der Waals surface area contributed by atoms with Gasteiger partial charge in [-0.1, -0.05) is 12.1 Å². The van der Waals surface area contributed by atoms with E-state index in [9.17, 15) is 13.6 Å². The summed E-state index contributed by atoms with van der Waals surface area (Å²) in [6.45, 7) is 0.907. The number of benzene rings is 1. The fraction of sp³-hybridized carbons (Fsp3) is 0.533. The molecule has 0 spiro atoms. The van der Waals surface area contributed by atoms with Gasteiger partial charge in [-0.05, 0) is 44.4 Å². The SMILES string of the molecule is CC(NC(C)c1ccc(OC(F)F)cc1)C(=O)NC1CC1. The largest absolute Gasteiger partial charge is 0.435 e. The van der Waals surface area contributed by atoms with E-state index in [1.165, 1.54) is 12.1 Å². The fourth-order valence-corrected chi connectivity index (χ4v) is 2.04. The van der Waals surface area contributed by atoms with E-state index in [0.29, 0.717) is 6.04 Å². The van der Waals surface area contributed by atoms with Gasteiger partial charge in [0.05, 0.1) is 6.04 Å². The maximum atomic E-state index is 12.1. The highest BCUT2D eigenvalue weighted by atomic mass is 19.3. The van der Waals surface area contributed by atoms with Crippen molar-refractivity contribution in [1.29, 1.82) is 0 Å². The molecule has 2 unspecified atom stereocenters. The van der Waals surface area contributed by atoms with Gasteiger partial charge < -0.3 is 10.1 Å². The van der Waals surface area contributed by atoms with Gasteiger partial charge in [0, 0.05) is 12.1 Å². The Kier molecular flexibility index (Phi) is 5.12. The number of rotatable bonds is 7. The molecule has 0 saturated heterocycles. The molecule has 1 saturated carbocycles. The lowest BCUT2D eigenvalue weighted by molar-refractivity contribution is -0.123. The van der Waals surface area contributed by atoms with Crippen molar-refractivity contribution in [2.24, 2.45) is 0 Å². The number of carbonyl (C=O) groups is 1. The van der Waals surface area contributed by atoms with Crippen LogP contribution in [0.2, 0.25) is 0 Å². The third-order valence-electron chi connectivity index (χ3n) is 3.42. The lowest BCUT2D eigenvalue weighted by Crippen LogP contribution is -2.43. The number of nitrogens with one attached hydrogen (secondary N) is 2. The second kappa shape index (κ2) is 6.85. The highest BCUT2D eigenvalue weighted by molar-refractivity contribution is 5.81. The molecule has 0 aromatic heterocycles. The number of ether oxygens (including phenoxy) is 1. The summed E-state index contributed by atoms with van der Waals surface area (Å²) in [5, 5.41) is 6.12. The third kappa shape index (κ3) is 4.97. The van der Waals surface area contributed by atoms with Crippen molar-refractivity contribution in [3.63, 3.8) is 0 Å². The lowest BCUT2D eigenvalue weighted by Gasteiger charge is -2.20. The van der Waals surface area contributed by atoms with Crippen molar-refractivity contribution in [3.05, 3.63) is 29.8 Å². The molecule has 4 nitrogen and oxygen atoms in total. The van der Waals surface area contributed by atoms with Crippen LogP contribution in [0, 0.1) is 0 Å². The monoisotopic (exact) mass is 298 g/mol. The number of hydrogen-bond acceptors (Lipinski definition) is 3. The molecule has 1 amide bonds. The van der Waals surface area contributed by atoms with Crippen LogP contribution in [0.1, 0.15) is 38.3 Å². The molecule has 1 aromatic rings. The van der Waals surface area contributed by atoms with Crippen LogP contribution in [0.3, 0.4) is 0 Å². The number of amides is 1. The van der Waals surface area contributed by atoms with Crippen LogP contribution in [0.4, 0.5) is 8.78 Å². The van der Waals surface area contributed by atoms with Crippen molar-refractivity contribution >= 4 is 5.91 Å². The van der Waals surface area contributed by atoms with Crippen molar-refractivity contribution in [2.75, 3.05) is 0 Å². The summed E-state index contributed by atoms with van der Waals surface area (Å²) < 4.78 is 28.4. The average molecular weight is 298 g/mol. The minimum absolute atomic E-state index is 0.0120. The highest BCUT2D eigenvalue weighted by Gasteiger charge is 2.26. The standard InChI is InChI=1S/C15H20F2N2O2/c1-9(18-10(2)14(20)19-12-5-6-12)11-3-7-13(8-4-11)21-15(16)17/h3-4,7-10,12,15,18H,5-6H2,1-2H3,(H,19,20). The Morgan fingerprint density at radius 1 is 1.24 bits per heavy atom. The van der Waals surface area contributed by atoms with Gasteiger partial charge in [0.15, 0.2) is 0 Å². The zero-order valence-electron chi connectivity index (χ0n) is 12.1. The van der Waals surface area contributed by atoms with Crippen LogP contribution in [0.25, 0.3) is 0 Å². The molecule has 2 atom stereocenters. The van der Waals surface area contributed by atoms with Gasteiger partial charge in [0.1, 0.15) is 5.75 Å². The fourth-order valence-electron chi connectivity index (χ4n) is 2.04. The first-order chi connectivity index (χ1) is 9.95. The Bertz CT molecular complexity index is 475. The van der Waals surface area contributed by atoms with Gasteiger partial charge >= 0.3 is 6.61 Å². The van der Waals surface area contributed by atoms with E-state index in [2.05, 4.69) is 15.4 Å². The second-order valence-corrected chi connectivity index (χ2v) is 5.34. The first-order valence-electron chi connectivity index (χ1n) is 7.07. The first-order valence-corrected chi connectivity index (χ1v) is 7.07. The van der Waals surface area contributed by atoms with Gasteiger partial charge in [-0.25, -0.2) is 0 Å². The molecule has 21 heavy (non-hydrogen) atoms. The van der Waals surface area contributed by atoms with E-state index in [1.54, 1.807) is 12.1 Å². The number of alkyl halides is 2. The van der Waals surface area contributed by atoms with Gasteiger partial charge in [-0.3, -0.25) is 10.1 Å². The summed E-state index contributed by atoms with van der Waals surface area (Å²) >= 11 is 0. The summed E-state index contributed by atoms with van der Waals surface area (Å²) in [5.74, 6) is 0.113. The van der Waals surface area contributed by atoms with Gasteiger partial charge in [0.2, 0.25) is 5.91 Å². The van der Waals surface area contributed by atoms with Crippen LogP contribution in [-0.2, 0) is 4.79 Å². The van der Waals surface area contributed by atoms with Gasteiger partial charge in [-0.15, -0.1) is 0 Å². The summed E-state index contributed by atoms with van der Waals surface area (Å²) in [5.41, 5.74) is 0.905. The lowest BCUT2D eigenvalue weighted by atomic mass is 10.1. The summed E-state index contributed by atoms with van der Waals surface area (Å²) in [7, 11) is 0. The summed E-state index contributed by atoms with van der Waals surface area (Å²) in [4.78, 5) is 11.9. The molecular formula is C15H20F2N2O2. The van der Waals surface area contributed by atoms with Crippen LogP contribution in [-0.4, -0.2) is 24.6 Å². The van der Waals surface area contributed by atoms with Crippen molar-refractivity contribution in [1.82, 2.24) is 10.6 Å². The molecular weight excluding hydrogens is 278 g/mol. The van der Waals surface area contributed by atoms with E-state index < -0.39 is 6.61 Å². The number of carbonyl (C=O) groups excluding carboxylic acids is 1. The van der Waals surface area contributed by atoms with Crippen molar-refractivity contribution < 1.29 is 18.3 Å². The maximum Gasteiger partial charge on any atom is 0.387 e. The Balaban J connectivity index is 1.86. The van der Waals surface area contributed by atoms with Crippen LogP contribution in [0.5, 0.6) is 5.75 Å². The highest BCUT2D eigenvalue weighted by Crippen LogP contribution is 2.20. The van der Waals surface area contributed by atoms with Crippen LogP contribution < -0.4 is 15.4 Å². The Hall–Kier alpha value is -1.69. The molecule has 2 rings (SSSR count). The smallest absolute Gasteiger partial charge is 0.387 e. The van der Waals surface area contributed by atoms with E-state index >= 15 is 0 Å². The molecule has 0 radical (unpaired) electrons. The van der Waals surface area contributed by atoms with E-state index in [4.69, 9.17) is 0 Å². The van der Waals surface area contributed by atoms with Gasteiger partial charge in [-0.2, -0.15) is 8.78 Å². The third-order valence-corrected chi connectivity index (χ3v) is 3.42. The Labute approximate surface area is 122 Å². The van der Waals surface area contributed by atoms with Crippen molar-refractivity contribution in [2.45, 2.75) is 51.4 Å².